The Bertz CT molecular complexity index is 645. The Hall–Kier alpha value is -1.32. The fraction of sp³-hybridized carbons (Fsp3) is 0.412. The Morgan fingerprint density at radius 3 is 2.20 bits per heavy atom. The van der Waals surface area contributed by atoms with Crippen molar-refractivity contribution in [3.63, 3.8) is 0 Å². The van der Waals surface area contributed by atoms with E-state index in [1.165, 1.54) is 16.3 Å². The highest BCUT2D eigenvalue weighted by atomic mass is 16.7. The maximum Gasteiger partial charge on any atom is 0.495 e. The summed E-state index contributed by atoms with van der Waals surface area (Å²) in [5, 5.41) is 2.44. The summed E-state index contributed by atoms with van der Waals surface area (Å²) in [5.41, 5.74) is 1.78. The summed E-state index contributed by atoms with van der Waals surface area (Å²) >= 11 is 0. The zero-order chi connectivity index (χ0) is 14.5. The summed E-state index contributed by atoms with van der Waals surface area (Å²) in [5.74, 6) is 0. The van der Waals surface area contributed by atoms with Crippen LogP contribution in [0.1, 0.15) is 33.3 Å². The first-order chi connectivity index (χ1) is 9.30. The van der Waals surface area contributed by atoms with Gasteiger partial charge in [0.25, 0.3) is 0 Å². The molecular formula is C17H21BO2. The van der Waals surface area contributed by atoms with Crippen molar-refractivity contribution >= 4 is 23.4 Å². The molecule has 0 amide bonds. The number of benzene rings is 2. The molecule has 0 unspecified atom stereocenters. The molecule has 0 saturated carbocycles. The lowest BCUT2D eigenvalue weighted by atomic mass is 9.76. The van der Waals surface area contributed by atoms with Gasteiger partial charge < -0.3 is 9.31 Å². The van der Waals surface area contributed by atoms with Gasteiger partial charge in [0.2, 0.25) is 0 Å². The second-order valence-corrected chi connectivity index (χ2v) is 6.66. The fourth-order valence-electron chi connectivity index (χ4n) is 2.60. The molecule has 2 nitrogen and oxygen atoms in total. The summed E-state index contributed by atoms with van der Waals surface area (Å²) in [4.78, 5) is 0. The second kappa shape index (κ2) is 4.34. The van der Waals surface area contributed by atoms with Crippen LogP contribution in [0.4, 0.5) is 0 Å². The molecule has 0 aliphatic carbocycles. The van der Waals surface area contributed by atoms with Gasteiger partial charge >= 0.3 is 7.12 Å². The average molecular weight is 268 g/mol. The van der Waals surface area contributed by atoms with Gasteiger partial charge in [0.1, 0.15) is 0 Å². The van der Waals surface area contributed by atoms with E-state index in [-0.39, 0.29) is 18.3 Å². The Morgan fingerprint density at radius 2 is 1.55 bits per heavy atom. The van der Waals surface area contributed by atoms with Crippen molar-refractivity contribution < 1.29 is 9.31 Å². The molecule has 2 aromatic rings. The topological polar surface area (TPSA) is 18.5 Å². The first kappa shape index (κ1) is 13.7. The van der Waals surface area contributed by atoms with E-state index in [0.29, 0.717) is 0 Å². The van der Waals surface area contributed by atoms with Crippen molar-refractivity contribution in [1.82, 2.24) is 0 Å². The lowest BCUT2D eigenvalue weighted by Gasteiger charge is -2.32. The molecule has 0 N–H and O–H groups in total. The summed E-state index contributed by atoms with van der Waals surface area (Å²) < 4.78 is 12.3. The van der Waals surface area contributed by atoms with E-state index in [4.69, 9.17) is 9.31 Å². The van der Waals surface area contributed by atoms with Gasteiger partial charge in [-0.2, -0.15) is 0 Å². The van der Waals surface area contributed by atoms with Gasteiger partial charge in [0, 0.05) is 0 Å². The first-order valence-electron chi connectivity index (χ1n) is 7.15. The van der Waals surface area contributed by atoms with Gasteiger partial charge in [-0.1, -0.05) is 42.0 Å². The van der Waals surface area contributed by atoms with E-state index >= 15 is 0 Å². The third kappa shape index (κ3) is 2.06. The van der Waals surface area contributed by atoms with E-state index in [2.05, 4.69) is 71.0 Å². The molecule has 0 aromatic heterocycles. The van der Waals surface area contributed by atoms with Crippen LogP contribution in [0.15, 0.2) is 36.4 Å². The molecule has 20 heavy (non-hydrogen) atoms. The van der Waals surface area contributed by atoms with Gasteiger partial charge in [-0.25, -0.2) is 0 Å². The van der Waals surface area contributed by atoms with Crippen LogP contribution in [0, 0.1) is 6.92 Å². The quantitative estimate of drug-likeness (QED) is 0.737. The molecule has 3 rings (SSSR count). The minimum Gasteiger partial charge on any atom is -0.399 e. The molecule has 1 fully saturated rings. The monoisotopic (exact) mass is 268 g/mol. The highest BCUT2D eigenvalue weighted by Crippen LogP contribution is 2.37. The molecule has 3 heteroatoms. The van der Waals surface area contributed by atoms with E-state index in [9.17, 15) is 0 Å². The summed E-state index contributed by atoms with van der Waals surface area (Å²) in [6.07, 6.45) is 0. The highest BCUT2D eigenvalue weighted by Gasteiger charge is 2.51. The van der Waals surface area contributed by atoms with Crippen LogP contribution in [0.3, 0.4) is 0 Å². The normalized spacial score (nSPS) is 20.6. The molecular weight excluding hydrogens is 247 g/mol. The number of fused-ring (bicyclic) bond motifs is 1. The van der Waals surface area contributed by atoms with Crippen LogP contribution in [-0.4, -0.2) is 18.3 Å². The zero-order valence-electron chi connectivity index (χ0n) is 12.9. The molecule has 0 atom stereocenters. The number of rotatable bonds is 1. The van der Waals surface area contributed by atoms with E-state index in [0.717, 1.165) is 5.46 Å². The van der Waals surface area contributed by atoms with Crippen molar-refractivity contribution in [3.05, 3.63) is 42.0 Å². The Morgan fingerprint density at radius 1 is 0.900 bits per heavy atom. The maximum absolute atomic E-state index is 6.17. The average Bonchev–Trinajstić information content (AvgIpc) is 2.57. The summed E-state index contributed by atoms with van der Waals surface area (Å²) in [6.45, 7) is 10.5. The summed E-state index contributed by atoms with van der Waals surface area (Å²) in [7, 11) is -0.300. The van der Waals surface area contributed by atoms with Crippen molar-refractivity contribution in [2.24, 2.45) is 0 Å². The van der Waals surface area contributed by atoms with Crippen LogP contribution >= 0.6 is 0 Å². The molecule has 1 heterocycles. The number of hydrogen-bond donors (Lipinski definition) is 0. The molecule has 104 valence electrons. The van der Waals surface area contributed by atoms with E-state index in [1.807, 2.05) is 0 Å². The van der Waals surface area contributed by atoms with Crippen molar-refractivity contribution in [2.75, 3.05) is 0 Å². The third-order valence-electron chi connectivity index (χ3n) is 4.58. The lowest BCUT2D eigenvalue weighted by Crippen LogP contribution is -2.41. The Labute approximate surface area is 121 Å². The van der Waals surface area contributed by atoms with E-state index in [1.54, 1.807) is 0 Å². The molecule has 0 bridgehead atoms. The molecule has 1 aliphatic rings. The maximum atomic E-state index is 6.17. The Kier molecular flexibility index (Phi) is 2.96. The van der Waals surface area contributed by atoms with Crippen molar-refractivity contribution in [2.45, 2.75) is 45.8 Å². The van der Waals surface area contributed by atoms with Crippen LogP contribution in [0.2, 0.25) is 0 Å². The molecule has 0 spiro atoms. The first-order valence-corrected chi connectivity index (χ1v) is 7.15. The van der Waals surface area contributed by atoms with Crippen molar-refractivity contribution in [3.8, 4) is 0 Å². The minimum absolute atomic E-state index is 0.300. The van der Waals surface area contributed by atoms with E-state index < -0.39 is 0 Å². The minimum atomic E-state index is -0.301. The predicted octanol–water partition coefficient (Wildman–Crippen LogP) is 3.45. The van der Waals surface area contributed by atoms with Crippen LogP contribution in [-0.2, 0) is 9.31 Å². The third-order valence-corrected chi connectivity index (χ3v) is 4.58. The second-order valence-electron chi connectivity index (χ2n) is 6.66. The summed E-state index contributed by atoms with van der Waals surface area (Å²) in [6, 6.07) is 12.8. The SMILES string of the molecule is Cc1ccc2c(B3OC(C)(C)C(C)(C)O3)cccc2c1. The predicted molar refractivity (Wildman–Crippen MR) is 84.4 cm³/mol. The largest absolute Gasteiger partial charge is 0.495 e. The van der Waals surface area contributed by atoms with Crippen LogP contribution in [0.25, 0.3) is 10.8 Å². The smallest absolute Gasteiger partial charge is 0.399 e. The molecule has 1 saturated heterocycles. The zero-order valence-corrected chi connectivity index (χ0v) is 12.9. The number of aryl methyl sites for hydroxylation is 1. The Balaban J connectivity index is 2.08. The fourth-order valence-corrected chi connectivity index (χ4v) is 2.60. The molecule has 0 radical (unpaired) electrons. The highest BCUT2D eigenvalue weighted by molar-refractivity contribution is 6.65. The van der Waals surface area contributed by atoms with Gasteiger partial charge in [-0.15, -0.1) is 0 Å². The molecule has 2 aromatic carbocycles. The lowest BCUT2D eigenvalue weighted by molar-refractivity contribution is 0.00578. The van der Waals surface area contributed by atoms with Gasteiger partial charge in [0.15, 0.2) is 0 Å². The van der Waals surface area contributed by atoms with Crippen LogP contribution < -0.4 is 5.46 Å². The van der Waals surface area contributed by atoms with Crippen molar-refractivity contribution in [1.29, 1.82) is 0 Å². The van der Waals surface area contributed by atoms with Gasteiger partial charge in [-0.05, 0) is 50.9 Å². The standard InChI is InChI=1S/C17H21BO2/c1-12-9-10-14-13(11-12)7-6-8-15(14)18-19-16(2,3)17(4,5)20-18/h6-11H,1-5H3. The van der Waals surface area contributed by atoms with Gasteiger partial charge in [0.05, 0.1) is 11.2 Å². The van der Waals surface area contributed by atoms with Crippen LogP contribution in [0.5, 0.6) is 0 Å². The molecule has 1 aliphatic heterocycles. The number of hydrogen-bond acceptors (Lipinski definition) is 2. The van der Waals surface area contributed by atoms with Gasteiger partial charge in [-0.3, -0.25) is 0 Å².